The minimum atomic E-state index is -0.103. The van der Waals surface area contributed by atoms with Crippen LogP contribution in [0.3, 0.4) is 0 Å². The van der Waals surface area contributed by atoms with Crippen LogP contribution in [0, 0.1) is 0 Å². The van der Waals surface area contributed by atoms with Crippen LogP contribution < -0.4 is 10.5 Å². The molecule has 1 atom stereocenters. The van der Waals surface area contributed by atoms with Gasteiger partial charge < -0.3 is 15.2 Å². The standard InChI is InChI=1S/C23H28N6O2/c1-5-19(24)16-7-9-21-17-12-15(6-8-20(17)27-28-21)18-13-26-29(4)23(18)30-11-10-14(2)31-22(16)25-3/h6-9,12-14H,5,10-11,24H2,1-4H3,(H,27,28)/b9-7+,19-16-,25-22?. The summed E-state index contributed by atoms with van der Waals surface area (Å²) in [4.78, 5) is 4.36. The van der Waals surface area contributed by atoms with Crippen molar-refractivity contribution in [2.45, 2.75) is 32.8 Å². The minimum absolute atomic E-state index is 0.103. The van der Waals surface area contributed by atoms with Gasteiger partial charge in [0.25, 0.3) is 0 Å². The van der Waals surface area contributed by atoms with Crippen molar-refractivity contribution in [1.82, 2.24) is 20.0 Å². The summed E-state index contributed by atoms with van der Waals surface area (Å²) in [7, 11) is 3.59. The number of nitrogens with zero attached hydrogens (tertiary/aromatic N) is 4. The number of allylic oxidation sites excluding steroid dienone is 1. The Morgan fingerprint density at radius 1 is 1.35 bits per heavy atom. The van der Waals surface area contributed by atoms with Gasteiger partial charge in [-0.1, -0.05) is 13.0 Å². The number of nitrogens with one attached hydrogen (secondary N) is 1. The number of H-pyrrole nitrogens is 1. The molecule has 1 aliphatic rings. The summed E-state index contributed by atoms with van der Waals surface area (Å²) in [5.74, 6) is 1.24. The molecule has 1 aliphatic heterocycles. The van der Waals surface area contributed by atoms with E-state index in [2.05, 4.69) is 26.4 Å². The molecule has 4 rings (SSSR count). The Morgan fingerprint density at radius 3 is 2.97 bits per heavy atom. The number of aliphatic imine (C=N–C) groups is 1. The first kappa shape index (κ1) is 20.7. The fraction of sp³-hybridized carbons (Fsp3) is 0.348. The third kappa shape index (κ3) is 4.05. The molecule has 8 nitrogen and oxygen atoms in total. The first-order valence-corrected chi connectivity index (χ1v) is 10.5. The van der Waals surface area contributed by atoms with Gasteiger partial charge in [-0.2, -0.15) is 10.2 Å². The van der Waals surface area contributed by atoms with Crippen LogP contribution in [0.25, 0.3) is 28.1 Å². The van der Waals surface area contributed by atoms with Crippen molar-refractivity contribution in [3.8, 4) is 17.0 Å². The molecule has 2 aromatic heterocycles. The lowest BCUT2D eigenvalue weighted by Crippen LogP contribution is -2.21. The molecular formula is C23H28N6O2. The van der Waals surface area contributed by atoms with Crippen molar-refractivity contribution >= 4 is 22.9 Å². The molecular weight excluding hydrogens is 392 g/mol. The van der Waals surface area contributed by atoms with E-state index in [4.69, 9.17) is 15.2 Å². The SMILES string of the molecule is CC/C(N)=C1\C=C\c2[nH]nc3ccc(cc23)-c2cnn(C)c2OCCC(C)OC1=NC. The van der Waals surface area contributed by atoms with E-state index in [0.29, 0.717) is 31.0 Å². The fourth-order valence-corrected chi connectivity index (χ4v) is 3.60. The second-order valence-electron chi connectivity index (χ2n) is 7.58. The summed E-state index contributed by atoms with van der Waals surface area (Å²) in [6, 6.07) is 6.13. The van der Waals surface area contributed by atoms with Gasteiger partial charge in [0.15, 0.2) is 0 Å². The van der Waals surface area contributed by atoms with Crippen LogP contribution in [0.1, 0.15) is 32.4 Å². The zero-order valence-corrected chi connectivity index (χ0v) is 18.3. The average Bonchev–Trinajstić information content (AvgIpc) is 3.35. The number of ether oxygens (including phenoxy) is 2. The average molecular weight is 421 g/mol. The molecule has 1 aromatic carbocycles. The van der Waals surface area contributed by atoms with Gasteiger partial charge in [-0.05, 0) is 43.2 Å². The molecule has 0 saturated heterocycles. The molecule has 0 radical (unpaired) electrons. The van der Waals surface area contributed by atoms with Gasteiger partial charge in [-0.15, -0.1) is 0 Å². The number of hydrogen-bond acceptors (Lipinski definition) is 6. The second kappa shape index (κ2) is 8.67. The second-order valence-corrected chi connectivity index (χ2v) is 7.58. The summed E-state index contributed by atoms with van der Waals surface area (Å²) in [5.41, 5.74) is 11.5. The molecule has 0 saturated carbocycles. The van der Waals surface area contributed by atoms with Crippen molar-refractivity contribution in [2.75, 3.05) is 13.7 Å². The quantitative estimate of drug-likeness (QED) is 0.623. The minimum Gasteiger partial charge on any atom is -0.477 e. The summed E-state index contributed by atoms with van der Waals surface area (Å²) < 4.78 is 14.0. The zero-order chi connectivity index (χ0) is 22.0. The van der Waals surface area contributed by atoms with E-state index in [-0.39, 0.29) is 6.10 Å². The zero-order valence-electron chi connectivity index (χ0n) is 18.3. The highest BCUT2D eigenvalue weighted by Gasteiger charge is 2.18. The molecule has 0 spiro atoms. The molecule has 2 bridgehead atoms. The van der Waals surface area contributed by atoms with Gasteiger partial charge in [0.2, 0.25) is 11.8 Å². The van der Waals surface area contributed by atoms with E-state index >= 15 is 0 Å². The van der Waals surface area contributed by atoms with Crippen molar-refractivity contribution in [3.05, 3.63) is 47.4 Å². The largest absolute Gasteiger partial charge is 0.477 e. The van der Waals surface area contributed by atoms with Crippen LogP contribution in [0.4, 0.5) is 0 Å². The number of hydrogen-bond donors (Lipinski definition) is 2. The lowest BCUT2D eigenvalue weighted by molar-refractivity contribution is 0.163. The van der Waals surface area contributed by atoms with Gasteiger partial charge >= 0.3 is 0 Å². The highest BCUT2D eigenvalue weighted by atomic mass is 16.5. The normalized spacial score (nSPS) is 21.2. The molecule has 31 heavy (non-hydrogen) atoms. The topological polar surface area (TPSA) is 103 Å². The Bertz CT molecular complexity index is 1180. The highest BCUT2D eigenvalue weighted by Crippen LogP contribution is 2.32. The number of nitrogens with two attached hydrogens (primary N) is 1. The van der Waals surface area contributed by atoms with Gasteiger partial charge in [0.05, 0.1) is 35.2 Å². The molecule has 8 heteroatoms. The molecule has 3 aromatic rings. The Balaban J connectivity index is 1.88. The Morgan fingerprint density at radius 2 is 2.19 bits per heavy atom. The summed E-state index contributed by atoms with van der Waals surface area (Å²) >= 11 is 0. The molecule has 1 unspecified atom stereocenters. The smallest absolute Gasteiger partial charge is 0.219 e. The molecule has 0 fully saturated rings. The monoisotopic (exact) mass is 420 g/mol. The molecule has 3 heterocycles. The first-order chi connectivity index (χ1) is 15.0. The van der Waals surface area contributed by atoms with Crippen molar-refractivity contribution in [3.63, 3.8) is 0 Å². The van der Waals surface area contributed by atoms with Crippen LogP contribution in [-0.4, -0.2) is 45.6 Å². The third-order valence-electron chi connectivity index (χ3n) is 5.43. The molecule has 3 N–H and O–H groups in total. The van der Waals surface area contributed by atoms with E-state index < -0.39 is 0 Å². The predicted octanol–water partition coefficient (Wildman–Crippen LogP) is 3.82. The third-order valence-corrected chi connectivity index (χ3v) is 5.43. The fourth-order valence-electron chi connectivity index (χ4n) is 3.60. The highest BCUT2D eigenvalue weighted by molar-refractivity contribution is 5.99. The molecule has 162 valence electrons. The van der Waals surface area contributed by atoms with Crippen molar-refractivity contribution in [2.24, 2.45) is 17.8 Å². The van der Waals surface area contributed by atoms with Crippen LogP contribution in [0.2, 0.25) is 0 Å². The van der Waals surface area contributed by atoms with Crippen LogP contribution >= 0.6 is 0 Å². The van der Waals surface area contributed by atoms with Gasteiger partial charge in [0.1, 0.15) is 6.10 Å². The lowest BCUT2D eigenvalue weighted by atomic mass is 10.0. The van der Waals surface area contributed by atoms with Crippen LogP contribution in [0.15, 0.2) is 46.7 Å². The maximum Gasteiger partial charge on any atom is 0.219 e. The molecule has 0 aliphatic carbocycles. The summed E-state index contributed by atoms with van der Waals surface area (Å²) in [6.45, 7) is 4.50. The van der Waals surface area contributed by atoms with Crippen molar-refractivity contribution < 1.29 is 9.47 Å². The van der Waals surface area contributed by atoms with Crippen LogP contribution in [-0.2, 0) is 11.8 Å². The van der Waals surface area contributed by atoms with Crippen molar-refractivity contribution in [1.29, 1.82) is 0 Å². The van der Waals surface area contributed by atoms with E-state index in [0.717, 1.165) is 39.2 Å². The maximum atomic E-state index is 6.32. The van der Waals surface area contributed by atoms with Gasteiger partial charge in [0, 0.05) is 31.6 Å². The van der Waals surface area contributed by atoms with E-state index in [1.807, 2.05) is 51.4 Å². The summed E-state index contributed by atoms with van der Waals surface area (Å²) in [5, 5.41) is 12.9. The number of aromatic nitrogens is 4. The van der Waals surface area contributed by atoms with Crippen LogP contribution in [0.5, 0.6) is 5.88 Å². The Kier molecular flexibility index (Phi) is 5.79. The van der Waals surface area contributed by atoms with E-state index in [1.165, 1.54) is 0 Å². The number of aryl methyl sites for hydroxylation is 1. The maximum absolute atomic E-state index is 6.32. The lowest BCUT2D eigenvalue weighted by Gasteiger charge is -2.18. The Hall–Kier alpha value is -3.55. The van der Waals surface area contributed by atoms with E-state index in [1.54, 1.807) is 11.7 Å². The first-order valence-electron chi connectivity index (χ1n) is 10.5. The van der Waals surface area contributed by atoms with E-state index in [9.17, 15) is 0 Å². The number of fused-ring (bicyclic) bond motifs is 3. The van der Waals surface area contributed by atoms with Gasteiger partial charge in [-0.25, -0.2) is 4.68 Å². The predicted molar refractivity (Wildman–Crippen MR) is 123 cm³/mol. The van der Waals surface area contributed by atoms with Gasteiger partial charge in [-0.3, -0.25) is 10.1 Å². The number of rotatable bonds is 1. The Labute approximate surface area is 181 Å². The molecule has 0 amide bonds. The summed E-state index contributed by atoms with van der Waals surface area (Å²) in [6.07, 6.45) is 7.02. The number of benzene rings is 1. The number of aromatic amines is 1.